The summed E-state index contributed by atoms with van der Waals surface area (Å²) in [5.41, 5.74) is 3.07. The Morgan fingerprint density at radius 3 is 2.70 bits per heavy atom. The van der Waals surface area contributed by atoms with E-state index in [0.29, 0.717) is 35.3 Å². The van der Waals surface area contributed by atoms with Gasteiger partial charge in [-0.3, -0.25) is 4.79 Å². The van der Waals surface area contributed by atoms with Crippen LogP contribution in [0.5, 0.6) is 11.5 Å². The van der Waals surface area contributed by atoms with Crippen molar-refractivity contribution in [3.63, 3.8) is 0 Å². The summed E-state index contributed by atoms with van der Waals surface area (Å²) in [6, 6.07) is 14.8. The zero-order valence-electron chi connectivity index (χ0n) is 17.0. The first kappa shape index (κ1) is 19.5. The van der Waals surface area contributed by atoms with Crippen LogP contribution in [0.25, 0.3) is 0 Å². The highest BCUT2D eigenvalue weighted by atomic mass is 16.5. The maximum absolute atomic E-state index is 13.3. The topological polar surface area (TPSA) is 90.3 Å². The van der Waals surface area contributed by atoms with Crippen LogP contribution in [0.3, 0.4) is 0 Å². The smallest absolute Gasteiger partial charge is 0.251 e. The number of aromatic nitrogens is 3. The molecule has 1 atom stereocenters. The Balaban J connectivity index is 1.73. The molecule has 154 valence electrons. The summed E-state index contributed by atoms with van der Waals surface area (Å²) in [4.78, 5) is 17.6. The lowest BCUT2D eigenvalue weighted by molar-refractivity contribution is -0.118. The molecule has 0 bridgehead atoms. The fourth-order valence-electron chi connectivity index (χ4n) is 3.59. The number of hydrogen-bond donors (Lipinski definition) is 2. The average Bonchev–Trinajstić information content (AvgIpc) is 3.24. The summed E-state index contributed by atoms with van der Waals surface area (Å²) >= 11 is 0. The second-order valence-corrected chi connectivity index (χ2v) is 6.87. The lowest BCUT2D eigenvalue weighted by Gasteiger charge is -2.29. The second-order valence-electron chi connectivity index (χ2n) is 6.87. The molecule has 1 amide bonds. The Morgan fingerprint density at radius 2 is 1.97 bits per heavy atom. The van der Waals surface area contributed by atoms with Crippen molar-refractivity contribution in [1.82, 2.24) is 20.1 Å². The zero-order valence-corrected chi connectivity index (χ0v) is 17.0. The van der Waals surface area contributed by atoms with Crippen molar-refractivity contribution >= 4 is 11.9 Å². The first-order valence-electron chi connectivity index (χ1n) is 9.53. The zero-order chi connectivity index (χ0) is 21.1. The molecular weight excluding hydrogens is 382 g/mol. The van der Waals surface area contributed by atoms with E-state index in [4.69, 9.17) is 9.47 Å². The third-order valence-corrected chi connectivity index (χ3v) is 5.07. The molecule has 2 N–H and O–H groups in total. The maximum atomic E-state index is 13.3. The Morgan fingerprint density at radius 1 is 1.17 bits per heavy atom. The molecule has 2 heterocycles. The van der Waals surface area contributed by atoms with Gasteiger partial charge in [0.2, 0.25) is 5.95 Å². The monoisotopic (exact) mass is 405 g/mol. The molecule has 8 nitrogen and oxygen atoms in total. The minimum atomic E-state index is -0.500. The summed E-state index contributed by atoms with van der Waals surface area (Å²) in [6.07, 6.45) is 1.46. The van der Waals surface area contributed by atoms with Crippen LogP contribution in [0.2, 0.25) is 0 Å². The van der Waals surface area contributed by atoms with Gasteiger partial charge in [-0.15, -0.1) is 0 Å². The summed E-state index contributed by atoms with van der Waals surface area (Å²) in [7, 11) is 3.19. The van der Waals surface area contributed by atoms with Crippen molar-refractivity contribution in [2.45, 2.75) is 19.5 Å². The SMILES string of the molecule is COc1ccc(C2C(C(=O)NCc3ccccc3)=C(C)Nc3ncnn32)c(OC)c1. The summed E-state index contributed by atoms with van der Waals surface area (Å²) in [5, 5.41) is 10.5. The van der Waals surface area contributed by atoms with Crippen LogP contribution in [0, 0.1) is 0 Å². The van der Waals surface area contributed by atoms with E-state index >= 15 is 0 Å². The summed E-state index contributed by atoms with van der Waals surface area (Å²) in [6.45, 7) is 2.28. The number of nitrogens with one attached hydrogen (secondary N) is 2. The van der Waals surface area contributed by atoms with E-state index in [2.05, 4.69) is 20.7 Å². The van der Waals surface area contributed by atoms with Crippen LogP contribution >= 0.6 is 0 Å². The van der Waals surface area contributed by atoms with Crippen molar-refractivity contribution in [3.05, 3.63) is 77.3 Å². The third-order valence-electron chi connectivity index (χ3n) is 5.07. The molecule has 0 saturated heterocycles. The molecule has 4 rings (SSSR count). The number of methoxy groups -OCH3 is 2. The van der Waals surface area contributed by atoms with Crippen LogP contribution in [-0.2, 0) is 11.3 Å². The number of hydrogen-bond acceptors (Lipinski definition) is 6. The van der Waals surface area contributed by atoms with Gasteiger partial charge in [-0.25, -0.2) is 4.68 Å². The number of carbonyl (C=O) groups excluding carboxylic acids is 1. The Labute approximate surface area is 174 Å². The number of nitrogens with zero attached hydrogens (tertiary/aromatic N) is 3. The molecule has 8 heteroatoms. The Kier molecular flexibility index (Phi) is 5.38. The predicted octanol–water partition coefficient (Wildman–Crippen LogP) is 2.90. The van der Waals surface area contributed by atoms with Gasteiger partial charge in [0.25, 0.3) is 5.91 Å². The highest BCUT2D eigenvalue weighted by molar-refractivity contribution is 5.96. The molecular formula is C22H23N5O3. The van der Waals surface area contributed by atoms with Gasteiger partial charge in [-0.1, -0.05) is 30.3 Å². The van der Waals surface area contributed by atoms with E-state index in [0.717, 1.165) is 11.1 Å². The molecule has 0 aliphatic carbocycles. The third kappa shape index (κ3) is 3.59. The normalized spacial score (nSPS) is 15.2. The van der Waals surface area contributed by atoms with E-state index in [1.807, 2.05) is 49.4 Å². The number of allylic oxidation sites excluding steroid dienone is 1. The lowest BCUT2D eigenvalue weighted by atomic mass is 9.94. The van der Waals surface area contributed by atoms with Crippen molar-refractivity contribution < 1.29 is 14.3 Å². The van der Waals surface area contributed by atoms with Crippen LogP contribution in [0.15, 0.2) is 66.1 Å². The van der Waals surface area contributed by atoms with Crippen molar-refractivity contribution in [3.8, 4) is 11.5 Å². The van der Waals surface area contributed by atoms with Gasteiger partial charge in [-0.2, -0.15) is 10.1 Å². The number of carbonyl (C=O) groups is 1. The summed E-state index contributed by atoms with van der Waals surface area (Å²) < 4.78 is 12.6. The van der Waals surface area contributed by atoms with Gasteiger partial charge in [0, 0.05) is 23.9 Å². The van der Waals surface area contributed by atoms with E-state index in [-0.39, 0.29) is 5.91 Å². The van der Waals surface area contributed by atoms with Crippen LogP contribution in [0.4, 0.5) is 5.95 Å². The van der Waals surface area contributed by atoms with Crippen LogP contribution in [-0.4, -0.2) is 34.9 Å². The molecule has 0 spiro atoms. The van der Waals surface area contributed by atoms with Crippen molar-refractivity contribution in [2.24, 2.45) is 0 Å². The first-order valence-corrected chi connectivity index (χ1v) is 9.53. The van der Waals surface area contributed by atoms with Gasteiger partial charge >= 0.3 is 0 Å². The van der Waals surface area contributed by atoms with Crippen LogP contribution in [0.1, 0.15) is 24.1 Å². The van der Waals surface area contributed by atoms with Gasteiger partial charge < -0.3 is 20.1 Å². The van der Waals surface area contributed by atoms with Gasteiger partial charge in [0.1, 0.15) is 23.9 Å². The average molecular weight is 405 g/mol. The van der Waals surface area contributed by atoms with Gasteiger partial charge in [0.15, 0.2) is 0 Å². The standard InChI is InChI=1S/C22H23N5O3/c1-14-19(21(28)23-12-15-7-5-4-6-8-15)20(27-22(26-14)24-13-25-27)17-10-9-16(29-2)11-18(17)30-3/h4-11,13,20H,12H2,1-3H3,(H,23,28)(H,24,25,26). The molecule has 1 aliphatic heterocycles. The highest BCUT2D eigenvalue weighted by Crippen LogP contribution is 2.40. The number of rotatable bonds is 6. The van der Waals surface area contributed by atoms with E-state index in [9.17, 15) is 4.79 Å². The number of ether oxygens (including phenoxy) is 2. The lowest BCUT2D eigenvalue weighted by Crippen LogP contribution is -2.35. The number of benzene rings is 2. The van der Waals surface area contributed by atoms with Crippen molar-refractivity contribution in [1.29, 1.82) is 0 Å². The van der Waals surface area contributed by atoms with Crippen LogP contribution < -0.4 is 20.1 Å². The van der Waals surface area contributed by atoms with E-state index in [1.54, 1.807) is 25.0 Å². The summed E-state index contributed by atoms with van der Waals surface area (Å²) in [5.74, 6) is 1.64. The second kappa shape index (κ2) is 8.28. The first-order chi connectivity index (χ1) is 14.6. The van der Waals surface area contributed by atoms with E-state index < -0.39 is 6.04 Å². The highest BCUT2D eigenvalue weighted by Gasteiger charge is 2.35. The molecule has 2 aromatic carbocycles. The number of fused-ring (bicyclic) bond motifs is 1. The number of amides is 1. The molecule has 1 aliphatic rings. The van der Waals surface area contributed by atoms with Crippen molar-refractivity contribution in [2.75, 3.05) is 19.5 Å². The predicted molar refractivity (Wildman–Crippen MR) is 112 cm³/mol. The molecule has 0 saturated carbocycles. The fraction of sp³-hybridized carbons (Fsp3) is 0.227. The fourth-order valence-corrected chi connectivity index (χ4v) is 3.59. The molecule has 30 heavy (non-hydrogen) atoms. The molecule has 0 fully saturated rings. The quantitative estimate of drug-likeness (QED) is 0.655. The number of anilines is 1. The Bertz CT molecular complexity index is 1090. The minimum absolute atomic E-state index is 0.187. The molecule has 3 aromatic rings. The Hall–Kier alpha value is -3.81. The minimum Gasteiger partial charge on any atom is -0.497 e. The molecule has 0 radical (unpaired) electrons. The van der Waals surface area contributed by atoms with Gasteiger partial charge in [-0.05, 0) is 24.6 Å². The largest absolute Gasteiger partial charge is 0.497 e. The maximum Gasteiger partial charge on any atom is 0.251 e. The molecule has 1 unspecified atom stereocenters. The van der Waals surface area contributed by atoms with E-state index in [1.165, 1.54) is 6.33 Å². The molecule has 1 aromatic heterocycles. The van der Waals surface area contributed by atoms with Gasteiger partial charge in [0.05, 0.1) is 19.8 Å².